The number of hydrogen-bond donors (Lipinski definition) is 0. The van der Waals surface area contributed by atoms with Gasteiger partial charge in [0.25, 0.3) is 0 Å². The number of carbonyl (C=O) groups is 1. The highest BCUT2D eigenvalue weighted by Gasteiger charge is 2.33. The van der Waals surface area contributed by atoms with Gasteiger partial charge in [0.15, 0.2) is 9.84 Å². The van der Waals surface area contributed by atoms with E-state index in [0.29, 0.717) is 33.1 Å². The van der Waals surface area contributed by atoms with Crippen molar-refractivity contribution in [2.45, 2.75) is 4.90 Å². The molecule has 3 aromatic carbocycles. The molecule has 0 saturated heterocycles. The van der Waals surface area contributed by atoms with E-state index in [-0.39, 0.29) is 4.90 Å². The fraction of sp³-hybridized carbons (Fsp3) is 0.0417. The van der Waals surface area contributed by atoms with E-state index in [1.807, 2.05) is 30.3 Å². The first kappa shape index (κ1) is 20.1. The topological polar surface area (TPSA) is 60.4 Å². The fourth-order valence-corrected chi connectivity index (χ4v) is 4.15. The summed E-state index contributed by atoms with van der Waals surface area (Å²) in [6.07, 6.45) is 2.93. The highest BCUT2D eigenvalue weighted by atomic mass is 35.5. The summed E-state index contributed by atoms with van der Waals surface area (Å²) < 4.78 is 29.3. The lowest BCUT2D eigenvalue weighted by Crippen LogP contribution is -1.99. The van der Waals surface area contributed by atoms with Crippen LogP contribution in [0.15, 0.2) is 89.5 Å². The van der Waals surface area contributed by atoms with Crippen molar-refractivity contribution in [3.05, 3.63) is 106 Å². The monoisotopic (exact) mass is 436 g/mol. The number of cyclic esters (lactones) is 1. The molecule has 1 aliphatic heterocycles. The van der Waals surface area contributed by atoms with Gasteiger partial charge in [-0.3, -0.25) is 0 Å². The molecule has 30 heavy (non-hydrogen) atoms. The minimum Gasteiger partial charge on any atom is -0.422 e. The number of sulfone groups is 1. The lowest BCUT2D eigenvalue weighted by atomic mass is 9.94. The van der Waals surface area contributed by atoms with Gasteiger partial charge in [-0.05, 0) is 35.4 Å². The predicted molar refractivity (Wildman–Crippen MR) is 118 cm³/mol. The SMILES string of the molecule is CS(=O)(=O)c1ccc(C2=C(c3ccccc3Cl)C(=O)O/C2=C\c2ccccc2)cc1. The Morgan fingerprint density at radius 3 is 2.10 bits per heavy atom. The zero-order chi connectivity index (χ0) is 21.3. The normalized spacial score (nSPS) is 15.5. The van der Waals surface area contributed by atoms with Crippen LogP contribution in [-0.4, -0.2) is 20.6 Å². The highest BCUT2D eigenvalue weighted by molar-refractivity contribution is 7.90. The molecule has 0 N–H and O–H groups in total. The van der Waals surface area contributed by atoms with E-state index in [0.717, 1.165) is 11.8 Å². The van der Waals surface area contributed by atoms with Crippen molar-refractivity contribution in [1.82, 2.24) is 0 Å². The number of benzene rings is 3. The summed E-state index contributed by atoms with van der Waals surface area (Å²) in [5, 5.41) is 0.427. The predicted octanol–water partition coefficient (Wildman–Crippen LogP) is 5.25. The number of carbonyl (C=O) groups excluding carboxylic acids is 1. The molecule has 150 valence electrons. The number of esters is 1. The summed E-state index contributed by atoms with van der Waals surface area (Å²) in [5.41, 5.74) is 2.99. The van der Waals surface area contributed by atoms with E-state index in [1.165, 1.54) is 12.1 Å². The van der Waals surface area contributed by atoms with Crippen molar-refractivity contribution in [2.75, 3.05) is 6.26 Å². The van der Waals surface area contributed by atoms with Crippen molar-refractivity contribution in [2.24, 2.45) is 0 Å². The van der Waals surface area contributed by atoms with Crippen LogP contribution in [0.2, 0.25) is 5.02 Å². The second-order valence-electron chi connectivity index (χ2n) is 6.84. The molecule has 0 radical (unpaired) electrons. The van der Waals surface area contributed by atoms with Gasteiger partial charge in [0.05, 0.1) is 10.5 Å². The molecule has 1 heterocycles. The van der Waals surface area contributed by atoms with Crippen molar-refractivity contribution in [1.29, 1.82) is 0 Å². The van der Waals surface area contributed by atoms with Gasteiger partial charge in [0.1, 0.15) is 5.76 Å². The Morgan fingerprint density at radius 2 is 1.47 bits per heavy atom. The molecule has 4 rings (SSSR count). The van der Waals surface area contributed by atoms with Crippen LogP contribution in [0.25, 0.3) is 17.2 Å². The van der Waals surface area contributed by atoms with Gasteiger partial charge >= 0.3 is 5.97 Å². The third kappa shape index (κ3) is 3.95. The summed E-state index contributed by atoms with van der Waals surface area (Å²) in [5.74, 6) is -0.124. The first-order chi connectivity index (χ1) is 14.3. The summed E-state index contributed by atoms with van der Waals surface area (Å²) in [7, 11) is -3.34. The van der Waals surface area contributed by atoms with Crippen LogP contribution in [0.5, 0.6) is 0 Å². The van der Waals surface area contributed by atoms with Gasteiger partial charge in [-0.1, -0.05) is 72.3 Å². The Kier molecular flexibility index (Phi) is 5.33. The molecular formula is C24H17ClO4S. The number of rotatable bonds is 4. The average molecular weight is 437 g/mol. The molecule has 0 saturated carbocycles. The maximum atomic E-state index is 12.9. The smallest absolute Gasteiger partial charge is 0.344 e. The van der Waals surface area contributed by atoms with Crippen LogP contribution < -0.4 is 0 Å². The summed E-state index contributed by atoms with van der Waals surface area (Å²) >= 11 is 6.37. The molecule has 3 aromatic rings. The zero-order valence-corrected chi connectivity index (χ0v) is 17.6. The molecule has 0 unspecified atom stereocenters. The zero-order valence-electron chi connectivity index (χ0n) is 16.0. The molecule has 0 aliphatic carbocycles. The molecule has 0 bridgehead atoms. The second-order valence-corrected chi connectivity index (χ2v) is 9.26. The molecular weight excluding hydrogens is 420 g/mol. The van der Waals surface area contributed by atoms with E-state index >= 15 is 0 Å². The number of hydrogen-bond acceptors (Lipinski definition) is 4. The fourth-order valence-electron chi connectivity index (χ4n) is 3.29. The Morgan fingerprint density at radius 1 is 0.833 bits per heavy atom. The maximum absolute atomic E-state index is 12.9. The van der Waals surface area contributed by atoms with E-state index in [4.69, 9.17) is 16.3 Å². The Bertz CT molecular complexity index is 1290. The van der Waals surface area contributed by atoms with E-state index < -0.39 is 15.8 Å². The minimum absolute atomic E-state index is 0.199. The van der Waals surface area contributed by atoms with Crippen molar-refractivity contribution >= 4 is 44.6 Å². The van der Waals surface area contributed by atoms with Gasteiger partial charge < -0.3 is 4.74 Å². The summed E-state index contributed by atoms with van der Waals surface area (Å²) in [6.45, 7) is 0. The molecule has 0 aromatic heterocycles. The number of allylic oxidation sites excluding steroid dienone is 1. The van der Waals surface area contributed by atoms with Gasteiger partial charge in [0, 0.05) is 22.4 Å². The molecule has 4 nitrogen and oxygen atoms in total. The average Bonchev–Trinajstić information content (AvgIpc) is 3.04. The number of ether oxygens (including phenoxy) is 1. The summed E-state index contributed by atoms with van der Waals surface area (Å²) in [4.78, 5) is 13.1. The molecule has 1 aliphatic rings. The van der Waals surface area contributed by atoms with Gasteiger partial charge in [0.2, 0.25) is 0 Å². The van der Waals surface area contributed by atoms with Crippen LogP contribution in [0.4, 0.5) is 0 Å². The van der Waals surface area contributed by atoms with E-state index in [2.05, 4.69) is 0 Å². The molecule has 0 amide bonds. The quantitative estimate of drug-likeness (QED) is 0.524. The van der Waals surface area contributed by atoms with Crippen molar-refractivity contribution in [3.8, 4) is 0 Å². The molecule has 0 fully saturated rings. The first-order valence-electron chi connectivity index (χ1n) is 9.13. The molecule has 6 heteroatoms. The summed E-state index contributed by atoms with van der Waals surface area (Å²) in [6, 6.07) is 22.9. The van der Waals surface area contributed by atoms with E-state index in [1.54, 1.807) is 42.5 Å². The molecule has 0 atom stereocenters. The lowest BCUT2D eigenvalue weighted by Gasteiger charge is -2.08. The van der Waals surface area contributed by atoms with Gasteiger partial charge in [-0.15, -0.1) is 0 Å². The van der Waals surface area contributed by atoms with Crippen LogP contribution in [0.1, 0.15) is 16.7 Å². The van der Waals surface area contributed by atoms with Crippen LogP contribution in [-0.2, 0) is 19.4 Å². The van der Waals surface area contributed by atoms with Crippen LogP contribution >= 0.6 is 11.6 Å². The third-order valence-electron chi connectivity index (χ3n) is 4.71. The Balaban J connectivity index is 1.95. The van der Waals surface area contributed by atoms with E-state index in [9.17, 15) is 13.2 Å². The number of halogens is 1. The van der Waals surface area contributed by atoms with Crippen molar-refractivity contribution < 1.29 is 17.9 Å². The van der Waals surface area contributed by atoms with Crippen LogP contribution in [0.3, 0.4) is 0 Å². The third-order valence-corrected chi connectivity index (χ3v) is 6.17. The minimum atomic E-state index is -3.34. The van der Waals surface area contributed by atoms with Crippen LogP contribution in [0, 0.1) is 0 Å². The molecule has 0 spiro atoms. The second kappa shape index (κ2) is 7.94. The Hall–Kier alpha value is -3.15. The van der Waals surface area contributed by atoms with Gasteiger partial charge in [-0.2, -0.15) is 0 Å². The standard InChI is InChI=1S/C24H17ClO4S/c1-30(27,28)18-13-11-17(12-14-18)22-21(15-16-7-3-2-4-8-16)29-24(26)23(22)19-9-5-6-10-20(19)25/h2-15H,1H3/b21-15-. The van der Waals surface area contributed by atoms with Crippen molar-refractivity contribution in [3.63, 3.8) is 0 Å². The first-order valence-corrected chi connectivity index (χ1v) is 11.4. The highest BCUT2D eigenvalue weighted by Crippen LogP contribution is 2.42. The Labute approximate surface area is 180 Å². The largest absolute Gasteiger partial charge is 0.422 e. The lowest BCUT2D eigenvalue weighted by molar-refractivity contribution is -0.131. The van der Waals surface area contributed by atoms with Gasteiger partial charge in [-0.25, -0.2) is 13.2 Å². The maximum Gasteiger partial charge on any atom is 0.344 e.